The third-order valence-corrected chi connectivity index (χ3v) is 6.82. The Morgan fingerprint density at radius 1 is 1.14 bits per heavy atom. The number of nitrogens with one attached hydrogen (secondary N) is 1. The zero-order valence-corrected chi connectivity index (χ0v) is 17.7. The van der Waals surface area contributed by atoms with E-state index >= 15 is 0 Å². The van der Waals surface area contributed by atoms with Crippen LogP contribution in [-0.2, 0) is 29.4 Å². The Kier molecular flexibility index (Phi) is 5.74. The van der Waals surface area contributed by atoms with Gasteiger partial charge >= 0.3 is 0 Å². The van der Waals surface area contributed by atoms with Crippen LogP contribution < -0.4 is 15.4 Å². The largest absolute Gasteiger partial charge is 0.352 e. The molecule has 0 unspecified atom stereocenters. The molecule has 0 radical (unpaired) electrons. The molecule has 8 heteroatoms. The molecule has 2 aliphatic rings. The lowest BCUT2D eigenvalue weighted by molar-refractivity contribution is 0.460. The Morgan fingerprint density at radius 3 is 2.66 bits per heavy atom. The summed E-state index contributed by atoms with van der Waals surface area (Å²) in [7, 11) is -3.71. The second-order valence-electron chi connectivity index (χ2n) is 8.02. The summed E-state index contributed by atoms with van der Waals surface area (Å²) in [4.78, 5) is 11.8. The van der Waals surface area contributed by atoms with Crippen molar-refractivity contribution in [2.24, 2.45) is 5.14 Å². The quantitative estimate of drug-likeness (QED) is 0.778. The van der Waals surface area contributed by atoms with Gasteiger partial charge in [-0.25, -0.2) is 18.5 Å². The summed E-state index contributed by atoms with van der Waals surface area (Å²) in [6.45, 7) is 3.55. The molecule has 2 heterocycles. The number of aryl methyl sites for hydroxylation is 1. The minimum atomic E-state index is -3.71. The first-order valence-corrected chi connectivity index (χ1v) is 12.0. The molecule has 1 aromatic heterocycles. The molecule has 3 N–H and O–H groups in total. The predicted octanol–water partition coefficient (Wildman–Crippen LogP) is 2.99. The van der Waals surface area contributed by atoms with Crippen LogP contribution in [0.2, 0.25) is 0 Å². The van der Waals surface area contributed by atoms with E-state index in [1.165, 1.54) is 37.7 Å². The number of benzene rings is 1. The second kappa shape index (κ2) is 8.28. The number of fused-ring (bicyclic) bond motifs is 1. The first-order chi connectivity index (χ1) is 13.9. The van der Waals surface area contributed by atoms with Gasteiger partial charge in [0.05, 0.1) is 4.90 Å². The zero-order valence-electron chi connectivity index (χ0n) is 16.9. The third kappa shape index (κ3) is 4.70. The minimum Gasteiger partial charge on any atom is -0.352 e. The molecule has 156 valence electrons. The predicted molar refractivity (Wildman–Crippen MR) is 114 cm³/mol. The van der Waals surface area contributed by atoms with E-state index in [-0.39, 0.29) is 4.90 Å². The van der Waals surface area contributed by atoms with Crippen LogP contribution in [0, 0.1) is 0 Å². The van der Waals surface area contributed by atoms with E-state index in [4.69, 9.17) is 10.1 Å². The Morgan fingerprint density at radius 2 is 1.93 bits per heavy atom. The molecule has 7 nitrogen and oxygen atoms in total. The highest BCUT2D eigenvalue weighted by atomic mass is 32.2. The summed E-state index contributed by atoms with van der Waals surface area (Å²) in [6.07, 6.45) is 7.85. The van der Waals surface area contributed by atoms with Crippen molar-refractivity contribution in [1.82, 2.24) is 9.97 Å². The lowest BCUT2D eigenvalue weighted by Crippen LogP contribution is -2.32. The van der Waals surface area contributed by atoms with E-state index in [2.05, 4.69) is 22.1 Å². The highest BCUT2D eigenvalue weighted by Gasteiger charge is 2.22. The van der Waals surface area contributed by atoms with Crippen LogP contribution in [0.15, 0.2) is 29.2 Å². The lowest BCUT2D eigenvalue weighted by Gasteiger charge is -2.31. The number of sulfonamides is 1. The lowest BCUT2D eigenvalue weighted by atomic mass is 9.96. The summed E-state index contributed by atoms with van der Waals surface area (Å²) >= 11 is 0. The summed E-state index contributed by atoms with van der Waals surface area (Å²) in [5.74, 6) is 1.59. The molecular weight excluding hydrogens is 386 g/mol. The second-order valence-corrected chi connectivity index (χ2v) is 9.58. The molecule has 0 spiro atoms. The average molecular weight is 416 g/mol. The van der Waals surface area contributed by atoms with E-state index < -0.39 is 10.0 Å². The van der Waals surface area contributed by atoms with Gasteiger partial charge in [0, 0.05) is 30.9 Å². The Labute approximate surface area is 172 Å². The van der Waals surface area contributed by atoms with Crippen molar-refractivity contribution in [3.63, 3.8) is 0 Å². The van der Waals surface area contributed by atoms with Crippen molar-refractivity contribution < 1.29 is 8.42 Å². The van der Waals surface area contributed by atoms with E-state index in [1.54, 1.807) is 12.1 Å². The number of hydrogen-bond acceptors (Lipinski definition) is 6. The van der Waals surface area contributed by atoms with Crippen molar-refractivity contribution in [3.8, 4) is 0 Å². The van der Waals surface area contributed by atoms with Crippen LogP contribution in [0.4, 0.5) is 11.8 Å². The molecule has 29 heavy (non-hydrogen) atoms. The molecule has 0 bridgehead atoms. The van der Waals surface area contributed by atoms with Gasteiger partial charge in [-0.05, 0) is 48.9 Å². The van der Waals surface area contributed by atoms with Crippen LogP contribution in [0.3, 0.4) is 0 Å². The maximum atomic E-state index is 11.7. The molecule has 4 rings (SSSR count). The number of primary sulfonamides is 1. The van der Waals surface area contributed by atoms with Gasteiger partial charge in [-0.1, -0.05) is 32.3 Å². The van der Waals surface area contributed by atoms with Gasteiger partial charge in [0.15, 0.2) is 0 Å². The highest BCUT2D eigenvalue weighted by Crippen LogP contribution is 2.27. The normalized spacial score (nSPS) is 17.8. The molecule has 0 saturated heterocycles. The third-order valence-electron chi connectivity index (χ3n) is 5.91. The Hall–Kier alpha value is -2.19. The minimum absolute atomic E-state index is 0.162. The van der Waals surface area contributed by atoms with E-state index in [1.807, 2.05) is 12.1 Å². The summed E-state index contributed by atoms with van der Waals surface area (Å²) in [5, 5.41) is 8.85. The maximum absolute atomic E-state index is 11.7. The van der Waals surface area contributed by atoms with Crippen molar-refractivity contribution in [3.05, 3.63) is 41.1 Å². The number of nitrogens with two attached hydrogens (primary N) is 1. The molecule has 0 atom stereocenters. The smallest absolute Gasteiger partial charge is 0.238 e. The number of hydrogen-bond donors (Lipinski definition) is 2. The fourth-order valence-corrected chi connectivity index (χ4v) is 4.79. The summed E-state index contributed by atoms with van der Waals surface area (Å²) < 4.78 is 23.4. The van der Waals surface area contributed by atoms with Gasteiger partial charge < -0.3 is 10.2 Å². The summed E-state index contributed by atoms with van der Waals surface area (Å²) in [6, 6.07) is 7.65. The first-order valence-electron chi connectivity index (χ1n) is 10.5. The maximum Gasteiger partial charge on any atom is 0.238 e. The molecule has 1 fully saturated rings. The number of nitrogens with zero attached hydrogens (tertiary/aromatic N) is 3. The van der Waals surface area contributed by atoms with Gasteiger partial charge in [0.25, 0.3) is 0 Å². The molecule has 1 aromatic carbocycles. The van der Waals surface area contributed by atoms with Crippen molar-refractivity contribution >= 4 is 21.8 Å². The van der Waals surface area contributed by atoms with Gasteiger partial charge in [-0.3, -0.25) is 0 Å². The van der Waals surface area contributed by atoms with Crippen molar-refractivity contribution in [2.75, 3.05) is 16.8 Å². The Bertz CT molecular complexity index is 987. The monoisotopic (exact) mass is 415 g/mol. The fraction of sp³-hybridized carbons (Fsp3) is 0.524. The van der Waals surface area contributed by atoms with Crippen LogP contribution in [0.1, 0.15) is 55.8 Å². The average Bonchev–Trinajstić information content (AvgIpc) is 2.72. The molecule has 0 amide bonds. The van der Waals surface area contributed by atoms with Crippen LogP contribution in [-0.4, -0.2) is 31.0 Å². The van der Waals surface area contributed by atoms with Crippen LogP contribution >= 0.6 is 0 Å². The van der Waals surface area contributed by atoms with Gasteiger partial charge in [-0.2, -0.15) is 4.98 Å². The molecular formula is C21H29N5O2S. The number of aromatic nitrogens is 2. The van der Waals surface area contributed by atoms with Gasteiger partial charge in [-0.15, -0.1) is 0 Å². The topological polar surface area (TPSA) is 101 Å². The van der Waals surface area contributed by atoms with Crippen LogP contribution in [0.25, 0.3) is 0 Å². The zero-order chi connectivity index (χ0) is 20.4. The van der Waals surface area contributed by atoms with E-state index in [0.717, 1.165) is 36.5 Å². The molecule has 1 aliphatic carbocycles. The first kappa shape index (κ1) is 20.1. The SMILES string of the molecule is CCc1cc(N2CCc3ccc(S(N)(=O)=O)cc3C2)nc(NC2CCCCC2)n1. The van der Waals surface area contributed by atoms with Crippen molar-refractivity contribution in [2.45, 2.75) is 69.4 Å². The van der Waals surface area contributed by atoms with Gasteiger partial charge in [0.1, 0.15) is 5.82 Å². The van der Waals surface area contributed by atoms with E-state index in [0.29, 0.717) is 18.5 Å². The summed E-state index contributed by atoms with van der Waals surface area (Å²) in [5.41, 5.74) is 3.16. The van der Waals surface area contributed by atoms with Crippen molar-refractivity contribution in [1.29, 1.82) is 0 Å². The molecule has 1 aliphatic heterocycles. The molecule has 2 aromatic rings. The number of rotatable bonds is 5. The molecule has 1 saturated carbocycles. The van der Waals surface area contributed by atoms with E-state index in [9.17, 15) is 8.42 Å². The Balaban J connectivity index is 1.59. The number of anilines is 2. The van der Waals surface area contributed by atoms with Gasteiger partial charge in [0.2, 0.25) is 16.0 Å². The standard InChI is InChI=1S/C21H29N5O2S/c1-2-17-13-20(25-21(23-17)24-18-6-4-3-5-7-18)26-11-10-15-8-9-19(29(22,27)28)12-16(15)14-26/h8-9,12-13,18H,2-7,10-11,14H2,1H3,(H2,22,27,28)(H,23,24,25). The van der Waals surface area contributed by atoms with Crippen LogP contribution in [0.5, 0.6) is 0 Å². The fourth-order valence-electron chi connectivity index (χ4n) is 4.23. The highest BCUT2D eigenvalue weighted by molar-refractivity contribution is 7.89.